The van der Waals surface area contributed by atoms with Gasteiger partial charge in [-0.1, -0.05) is 13.8 Å². The summed E-state index contributed by atoms with van der Waals surface area (Å²) in [7, 11) is 1.31. The van der Waals surface area contributed by atoms with E-state index in [9.17, 15) is 24.0 Å². The van der Waals surface area contributed by atoms with E-state index in [0.29, 0.717) is 38.6 Å². The number of carbonyl (C=O) groups is 5. The summed E-state index contributed by atoms with van der Waals surface area (Å²) in [6.45, 7) is 4.32. The standard InChI is InChI=1S/C11H18N2O4.C10H18N2O3/c1-3-8(10(12)15)13-6-7(11(16)17-2)4-5-9(13)14;1-2-8(10(11)15)12-5-7(6-13)3-4-9(12)14/h7-8H,3-6H2,1-2H3,(H2,12,15);7-8,13H,2-6H2,1H3,(H2,11,15)/t2*7?,8-/m00/s1. The van der Waals surface area contributed by atoms with Crippen molar-refractivity contribution in [2.45, 2.75) is 64.5 Å². The maximum atomic E-state index is 11.7. The molecule has 0 aromatic rings. The van der Waals surface area contributed by atoms with E-state index in [4.69, 9.17) is 16.6 Å². The first kappa shape index (κ1) is 27.3. The number of aliphatic hydroxyl groups excluding tert-OH is 1. The van der Waals surface area contributed by atoms with E-state index in [1.807, 2.05) is 6.92 Å². The Bertz CT molecular complexity index is 700. The van der Waals surface area contributed by atoms with Crippen LogP contribution in [0.5, 0.6) is 0 Å². The van der Waals surface area contributed by atoms with Crippen LogP contribution in [0.25, 0.3) is 0 Å². The van der Waals surface area contributed by atoms with Crippen LogP contribution >= 0.6 is 0 Å². The first-order valence-electron chi connectivity index (χ1n) is 11.0. The largest absolute Gasteiger partial charge is 0.469 e. The van der Waals surface area contributed by atoms with E-state index in [2.05, 4.69) is 4.74 Å². The van der Waals surface area contributed by atoms with Gasteiger partial charge >= 0.3 is 5.97 Å². The van der Waals surface area contributed by atoms with Crippen LogP contribution in [0.2, 0.25) is 0 Å². The van der Waals surface area contributed by atoms with Gasteiger partial charge in [-0.3, -0.25) is 24.0 Å². The Morgan fingerprint density at radius 2 is 1.44 bits per heavy atom. The summed E-state index contributed by atoms with van der Waals surface area (Å²) in [5, 5.41) is 9.03. The van der Waals surface area contributed by atoms with Crippen LogP contribution in [0.1, 0.15) is 52.4 Å². The lowest BCUT2D eigenvalue weighted by atomic mass is 9.95. The number of amides is 4. The molecule has 2 unspecified atom stereocenters. The van der Waals surface area contributed by atoms with Gasteiger partial charge < -0.3 is 31.1 Å². The molecule has 2 heterocycles. The van der Waals surface area contributed by atoms with E-state index < -0.39 is 23.9 Å². The van der Waals surface area contributed by atoms with Crippen LogP contribution in [0.3, 0.4) is 0 Å². The second-order valence-corrected chi connectivity index (χ2v) is 8.09. The van der Waals surface area contributed by atoms with Gasteiger partial charge in [-0.15, -0.1) is 0 Å². The number of piperidine rings is 2. The van der Waals surface area contributed by atoms with Crippen molar-refractivity contribution in [3.8, 4) is 0 Å². The summed E-state index contributed by atoms with van der Waals surface area (Å²) in [6, 6.07) is -1.15. The van der Waals surface area contributed by atoms with Gasteiger partial charge in [0, 0.05) is 38.5 Å². The number of rotatable bonds is 8. The zero-order valence-electron chi connectivity index (χ0n) is 19.1. The number of nitrogens with two attached hydrogens (primary N) is 2. The zero-order valence-corrected chi connectivity index (χ0v) is 19.1. The highest BCUT2D eigenvalue weighted by Gasteiger charge is 2.36. The molecule has 4 amide bonds. The molecule has 11 heteroatoms. The molecule has 2 aliphatic heterocycles. The van der Waals surface area contributed by atoms with Crippen LogP contribution < -0.4 is 11.5 Å². The lowest BCUT2D eigenvalue weighted by Gasteiger charge is -2.35. The molecular weight excluding hydrogens is 420 g/mol. The highest BCUT2D eigenvalue weighted by molar-refractivity contribution is 5.88. The van der Waals surface area contributed by atoms with Gasteiger partial charge in [-0.2, -0.15) is 0 Å². The number of likely N-dealkylation sites (tertiary alicyclic amines) is 2. The quantitative estimate of drug-likeness (QED) is 0.398. The summed E-state index contributed by atoms with van der Waals surface area (Å²) in [5.41, 5.74) is 10.5. The van der Waals surface area contributed by atoms with Gasteiger partial charge in [0.2, 0.25) is 23.6 Å². The number of carbonyl (C=O) groups excluding carboxylic acids is 5. The fraction of sp³-hybridized carbons (Fsp3) is 0.762. The Kier molecular flexibility index (Phi) is 11.1. The average molecular weight is 457 g/mol. The summed E-state index contributed by atoms with van der Waals surface area (Å²) in [4.78, 5) is 60.0. The molecule has 0 saturated carbocycles. The molecular formula is C21H36N4O7. The van der Waals surface area contributed by atoms with Crippen LogP contribution in [0, 0.1) is 11.8 Å². The highest BCUT2D eigenvalue weighted by atomic mass is 16.5. The van der Waals surface area contributed by atoms with Crippen LogP contribution in [0.4, 0.5) is 0 Å². The Hall–Kier alpha value is -2.69. The number of hydrogen-bond acceptors (Lipinski definition) is 7. The van der Waals surface area contributed by atoms with E-state index >= 15 is 0 Å². The average Bonchev–Trinajstić information content (AvgIpc) is 2.76. The third-order valence-corrected chi connectivity index (χ3v) is 5.96. The van der Waals surface area contributed by atoms with E-state index in [-0.39, 0.29) is 49.2 Å². The Balaban J connectivity index is 0.000000323. The van der Waals surface area contributed by atoms with Crippen molar-refractivity contribution in [1.82, 2.24) is 9.80 Å². The molecule has 11 nitrogen and oxygen atoms in total. The summed E-state index contributed by atoms with van der Waals surface area (Å²) >= 11 is 0. The normalized spacial score (nSPS) is 23.0. The number of nitrogens with zero attached hydrogens (tertiary/aromatic N) is 2. The third-order valence-electron chi connectivity index (χ3n) is 5.96. The van der Waals surface area contributed by atoms with Crippen LogP contribution in [-0.2, 0) is 28.7 Å². The van der Waals surface area contributed by atoms with Gasteiger partial charge in [0.25, 0.3) is 0 Å². The highest BCUT2D eigenvalue weighted by Crippen LogP contribution is 2.22. The summed E-state index contributed by atoms with van der Waals surface area (Å²) in [5.74, 6) is -1.79. The molecule has 0 spiro atoms. The van der Waals surface area contributed by atoms with Crippen molar-refractivity contribution in [1.29, 1.82) is 0 Å². The SMILES string of the molecule is CC[C@@H](C(N)=O)N1CC(C(=O)OC)CCC1=O.CC[C@@H](C(N)=O)N1CC(CO)CCC1=O. The Morgan fingerprint density at radius 1 is 0.969 bits per heavy atom. The van der Waals surface area contributed by atoms with Gasteiger partial charge in [-0.05, 0) is 25.7 Å². The van der Waals surface area contributed by atoms with Crippen molar-refractivity contribution in [2.24, 2.45) is 23.3 Å². The van der Waals surface area contributed by atoms with Gasteiger partial charge in [0.15, 0.2) is 0 Å². The minimum absolute atomic E-state index is 0.0367. The monoisotopic (exact) mass is 456 g/mol. The van der Waals surface area contributed by atoms with Gasteiger partial charge in [-0.25, -0.2) is 0 Å². The molecule has 2 aliphatic rings. The number of aliphatic hydroxyl groups is 1. The number of methoxy groups -OCH3 is 1. The molecule has 2 saturated heterocycles. The van der Waals surface area contributed by atoms with Crippen LogP contribution in [0.15, 0.2) is 0 Å². The van der Waals surface area contributed by atoms with E-state index in [0.717, 1.165) is 0 Å². The third kappa shape index (κ3) is 7.18. The maximum Gasteiger partial charge on any atom is 0.310 e. The predicted molar refractivity (Wildman–Crippen MR) is 115 cm³/mol. The number of hydrogen-bond donors (Lipinski definition) is 3. The van der Waals surface area contributed by atoms with Gasteiger partial charge in [0.1, 0.15) is 12.1 Å². The second kappa shape index (κ2) is 13.0. The molecule has 0 aromatic heterocycles. The van der Waals surface area contributed by atoms with E-state index in [1.54, 1.807) is 6.92 Å². The zero-order chi connectivity index (χ0) is 24.4. The fourth-order valence-corrected chi connectivity index (χ4v) is 4.07. The molecule has 0 aromatic carbocycles. The molecule has 5 N–H and O–H groups in total. The number of esters is 1. The lowest BCUT2D eigenvalue weighted by Crippen LogP contribution is -2.52. The van der Waals surface area contributed by atoms with Crippen molar-refractivity contribution in [3.05, 3.63) is 0 Å². The first-order valence-corrected chi connectivity index (χ1v) is 11.0. The first-order chi connectivity index (χ1) is 15.1. The molecule has 0 bridgehead atoms. The predicted octanol–water partition coefficient (Wildman–Crippen LogP) is -0.857. The second-order valence-electron chi connectivity index (χ2n) is 8.09. The summed E-state index contributed by atoms with van der Waals surface area (Å²) < 4.78 is 4.65. The molecule has 0 aliphatic carbocycles. The smallest absolute Gasteiger partial charge is 0.310 e. The molecule has 0 radical (unpaired) electrons. The molecule has 4 atom stereocenters. The number of ether oxygens (including phenoxy) is 1. The minimum atomic E-state index is -0.630. The summed E-state index contributed by atoms with van der Waals surface area (Å²) in [6.07, 6.45) is 2.80. The Labute approximate surface area is 188 Å². The molecule has 32 heavy (non-hydrogen) atoms. The van der Waals surface area contributed by atoms with Crippen LogP contribution in [-0.4, -0.2) is 83.4 Å². The fourth-order valence-electron chi connectivity index (χ4n) is 4.07. The topological polar surface area (TPSA) is 173 Å². The van der Waals surface area contributed by atoms with Crippen molar-refractivity contribution in [3.63, 3.8) is 0 Å². The van der Waals surface area contributed by atoms with Gasteiger partial charge in [0.05, 0.1) is 13.0 Å². The molecule has 2 rings (SSSR count). The molecule has 2 fully saturated rings. The van der Waals surface area contributed by atoms with Crippen molar-refractivity contribution < 1.29 is 33.8 Å². The lowest BCUT2D eigenvalue weighted by molar-refractivity contribution is -0.153. The minimum Gasteiger partial charge on any atom is -0.469 e. The van der Waals surface area contributed by atoms with Crippen molar-refractivity contribution in [2.75, 3.05) is 26.8 Å². The number of primary amides is 2. The Morgan fingerprint density at radius 3 is 1.84 bits per heavy atom. The van der Waals surface area contributed by atoms with Crippen molar-refractivity contribution >= 4 is 29.6 Å². The van der Waals surface area contributed by atoms with E-state index in [1.165, 1.54) is 16.9 Å². The maximum absolute atomic E-state index is 11.7. The molecule has 182 valence electrons.